The first kappa shape index (κ1) is 24.4. The Hall–Kier alpha value is -4.25. The molecule has 2 aromatic carbocycles. The minimum atomic E-state index is -1.11. The summed E-state index contributed by atoms with van der Waals surface area (Å²) in [4.78, 5) is 46.5. The number of fused-ring (bicyclic) bond motifs is 1. The average Bonchev–Trinajstić information content (AvgIpc) is 3.26. The minimum absolute atomic E-state index is 0.0199. The molecule has 1 aromatic heterocycles. The summed E-state index contributed by atoms with van der Waals surface area (Å²) in [6.07, 6.45) is 0.214. The molecule has 11 heteroatoms. The summed E-state index contributed by atoms with van der Waals surface area (Å²) in [7, 11) is 0. The zero-order valence-corrected chi connectivity index (χ0v) is 19.5. The lowest BCUT2D eigenvalue weighted by atomic mass is 10.0. The Kier molecular flexibility index (Phi) is 6.62. The van der Waals surface area contributed by atoms with Crippen LogP contribution in [0.25, 0.3) is 11.4 Å². The van der Waals surface area contributed by atoms with E-state index in [0.717, 1.165) is 17.7 Å². The lowest BCUT2D eigenvalue weighted by Gasteiger charge is -2.32. The quantitative estimate of drug-likeness (QED) is 0.523. The van der Waals surface area contributed by atoms with Crippen molar-refractivity contribution in [1.82, 2.24) is 20.2 Å². The van der Waals surface area contributed by atoms with Crippen LogP contribution >= 0.6 is 0 Å². The first-order chi connectivity index (χ1) is 17.8. The van der Waals surface area contributed by atoms with Crippen molar-refractivity contribution in [3.8, 4) is 11.4 Å². The average molecular weight is 508 g/mol. The van der Waals surface area contributed by atoms with Crippen LogP contribution in [0, 0.1) is 11.6 Å². The van der Waals surface area contributed by atoms with Gasteiger partial charge in [0.25, 0.3) is 5.91 Å². The van der Waals surface area contributed by atoms with Crippen molar-refractivity contribution in [3.63, 3.8) is 0 Å². The molecule has 3 heterocycles. The maximum absolute atomic E-state index is 14.4. The predicted octanol–water partition coefficient (Wildman–Crippen LogP) is 2.11. The monoisotopic (exact) mass is 508 g/mol. The van der Waals surface area contributed by atoms with Crippen LogP contribution in [0.4, 0.5) is 8.78 Å². The second kappa shape index (κ2) is 10.0. The van der Waals surface area contributed by atoms with Gasteiger partial charge in [-0.1, -0.05) is 30.3 Å². The number of aromatic nitrogens is 2. The maximum Gasteiger partial charge on any atom is 0.328 e. The van der Waals surface area contributed by atoms with E-state index >= 15 is 0 Å². The fraction of sp³-hybridized carbons (Fsp3) is 0.269. The highest BCUT2D eigenvalue weighted by molar-refractivity contribution is 5.99. The van der Waals surface area contributed by atoms with Gasteiger partial charge in [-0.3, -0.25) is 9.59 Å². The van der Waals surface area contributed by atoms with Crippen molar-refractivity contribution in [1.29, 1.82) is 0 Å². The molecule has 1 atom stereocenters. The highest BCUT2D eigenvalue weighted by atomic mass is 19.1. The summed E-state index contributed by atoms with van der Waals surface area (Å²) in [6, 6.07) is 9.48. The summed E-state index contributed by atoms with van der Waals surface area (Å²) in [6.45, 7) is 0.575. The number of carboxylic acids is 1. The zero-order chi connectivity index (χ0) is 26.1. The molecule has 0 bridgehead atoms. The van der Waals surface area contributed by atoms with Crippen molar-refractivity contribution < 1.29 is 33.0 Å². The molecule has 1 saturated heterocycles. The Balaban J connectivity index is 1.38. The number of carbonyl (C=O) groups excluding carboxylic acids is 2. The first-order valence-electron chi connectivity index (χ1n) is 11.6. The van der Waals surface area contributed by atoms with E-state index in [1.54, 1.807) is 24.3 Å². The number of halogens is 2. The third-order valence-electron chi connectivity index (χ3n) is 6.37. The van der Waals surface area contributed by atoms with Gasteiger partial charge in [0.15, 0.2) is 11.9 Å². The standard InChI is InChI=1S/C26H22F2N4O5/c27-16-2-1-3-17(28)22(16)24-30-18(23-19(31-24)12-29-25(23)34)10-14-4-6-15(7-5-14)11-21(33)32-8-9-37-13-20(32)26(35)36/h1-7,20H,8-13H2,(H,29,34)(H,35,36)/t20-/m1/s1. The number of benzene rings is 2. The Labute approximate surface area is 210 Å². The number of nitrogens with one attached hydrogen (secondary N) is 1. The van der Waals surface area contributed by atoms with Crippen LogP contribution in [-0.2, 0) is 33.7 Å². The number of carbonyl (C=O) groups is 3. The smallest absolute Gasteiger partial charge is 0.328 e. The van der Waals surface area contributed by atoms with Crippen LogP contribution < -0.4 is 5.32 Å². The lowest BCUT2D eigenvalue weighted by Crippen LogP contribution is -2.53. The number of hydrogen-bond donors (Lipinski definition) is 2. The Morgan fingerprint density at radius 2 is 1.76 bits per heavy atom. The van der Waals surface area contributed by atoms with Gasteiger partial charge in [0.2, 0.25) is 5.91 Å². The highest BCUT2D eigenvalue weighted by Gasteiger charge is 2.32. The highest BCUT2D eigenvalue weighted by Crippen LogP contribution is 2.28. The number of amides is 2. The molecule has 2 aliphatic heterocycles. The molecule has 2 amide bonds. The Bertz CT molecular complexity index is 1380. The number of aliphatic carboxylic acids is 1. The number of ether oxygens (including phenoxy) is 1. The van der Waals surface area contributed by atoms with Crippen LogP contribution in [0.15, 0.2) is 42.5 Å². The molecule has 0 spiro atoms. The molecule has 9 nitrogen and oxygen atoms in total. The first-order valence-corrected chi connectivity index (χ1v) is 11.6. The molecule has 2 N–H and O–H groups in total. The summed E-state index contributed by atoms with van der Waals surface area (Å²) in [5.41, 5.74) is 2.07. The molecule has 0 unspecified atom stereocenters. The molecular formula is C26H22F2N4O5. The van der Waals surface area contributed by atoms with E-state index in [4.69, 9.17) is 4.74 Å². The molecule has 0 radical (unpaired) electrons. The van der Waals surface area contributed by atoms with Crippen molar-refractivity contribution in [2.45, 2.75) is 25.4 Å². The summed E-state index contributed by atoms with van der Waals surface area (Å²) in [5, 5.41) is 12.0. The van der Waals surface area contributed by atoms with Gasteiger partial charge >= 0.3 is 5.97 Å². The van der Waals surface area contributed by atoms with Gasteiger partial charge in [0, 0.05) is 13.0 Å². The van der Waals surface area contributed by atoms with Crippen molar-refractivity contribution in [3.05, 3.63) is 82.2 Å². The molecule has 5 rings (SSSR count). The van der Waals surface area contributed by atoms with Crippen LogP contribution in [0.5, 0.6) is 0 Å². The van der Waals surface area contributed by atoms with Crippen LogP contribution in [-0.4, -0.2) is 63.6 Å². The molecule has 2 aliphatic rings. The topological polar surface area (TPSA) is 122 Å². The summed E-state index contributed by atoms with van der Waals surface area (Å²) in [5.74, 6) is -3.53. The van der Waals surface area contributed by atoms with Gasteiger partial charge in [-0.15, -0.1) is 0 Å². The Morgan fingerprint density at radius 1 is 1.05 bits per heavy atom. The number of hydrogen-bond acceptors (Lipinski definition) is 6. The van der Waals surface area contributed by atoms with Gasteiger partial charge in [0.1, 0.15) is 11.6 Å². The predicted molar refractivity (Wildman–Crippen MR) is 125 cm³/mol. The SMILES string of the molecule is O=C1NCc2nc(-c3c(F)cccc3F)nc(Cc3ccc(CC(=O)N4CCOC[C@@H]4C(=O)O)cc3)c21. The molecule has 0 aliphatic carbocycles. The van der Waals surface area contributed by atoms with Crippen LogP contribution in [0.3, 0.4) is 0 Å². The largest absolute Gasteiger partial charge is 0.480 e. The van der Waals surface area contributed by atoms with Crippen molar-refractivity contribution in [2.24, 2.45) is 0 Å². The number of morpholine rings is 1. The van der Waals surface area contributed by atoms with Crippen LogP contribution in [0.1, 0.15) is 32.9 Å². The van der Waals surface area contributed by atoms with Crippen molar-refractivity contribution in [2.75, 3.05) is 19.8 Å². The second-order valence-electron chi connectivity index (χ2n) is 8.78. The van der Waals surface area contributed by atoms with Crippen LogP contribution in [0.2, 0.25) is 0 Å². The van der Waals surface area contributed by atoms with Gasteiger partial charge in [-0.05, 0) is 23.3 Å². The van der Waals surface area contributed by atoms with E-state index in [-0.39, 0.29) is 67.9 Å². The number of rotatable bonds is 6. The van der Waals surface area contributed by atoms with Gasteiger partial charge in [-0.25, -0.2) is 23.5 Å². The van der Waals surface area contributed by atoms with E-state index in [9.17, 15) is 28.3 Å². The lowest BCUT2D eigenvalue weighted by molar-refractivity contribution is -0.158. The van der Waals surface area contributed by atoms with E-state index < -0.39 is 23.6 Å². The minimum Gasteiger partial charge on any atom is -0.480 e. The van der Waals surface area contributed by atoms with Gasteiger partial charge < -0.3 is 20.1 Å². The third kappa shape index (κ3) is 4.90. The molecule has 1 fully saturated rings. The summed E-state index contributed by atoms with van der Waals surface area (Å²) < 4.78 is 34.0. The fourth-order valence-electron chi connectivity index (χ4n) is 4.50. The fourth-order valence-corrected chi connectivity index (χ4v) is 4.50. The molecular weight excluding hydrogens is 486 g/mol. The van der Waals surface area contributed by atoms with Gasteiger partial charge in [0.05, 0.1) is 48.7 Å². The van der Waals surface area contributed by atoms with Crippen molar-refractivity contribution >= 4 is 17.8 Å². The maximum atomic E-state index is 14.4. The molecule has 3 aromatic rings. The number of carboxylic acid groups (broad SMARTS) is 1. The summed E-state index contributed by atoms with van der Waals surface area (Å²) >= 11 is 0. The Morgan fingerprint density at radius 3 is 2.46 bits per heavy atom. The molecule has 0 saturated carbocycles. The normalized spacial score (nSPS) is 16.9. The third-order valence-corrected chi connectivity index (χ3v) is 6.37. The van der Waals surface area contributed by atoms with E-state index in [1.807, 2.05) is 0 Å². The van der Waals surface area contributed by atoms with E-state index in [2.05, 4.69) is 15.3 Å². The number of nitrogens with zero attached hydrogens (tertiary/aromatic N) is 3. The van der Waals surface area contributed by atoms with E-state index in [1.165, 1.54) is 11.0 Å². The molecule has 37 heavy (non-hydrogen) atoms. The second-order valence-corrected chi connectivity index (χ2v) is 8.78. The zero-order valence-electron chi connectivity index (χ0n) is 19.5. The molecule has 190 valence electrons. The van der Waals surface area contributed by atoms with E-state index in [0.29, 0.717) is 17.0 Å². The van der Waals surface area contributed by atoms with Gasteiger partial charge in [-0.2, -0.15) is 0 Å².